The summed E-state index contributed by atoms with van der Waals surface area (Å²) < 4.78 is 0. The molecule has 0 aromatic carbocycles. The average molecular weight is 145 g/mol. The van der Waals surface area contributed by atoms with Crippen molar-refractivity contribution in [1.82, 2.24) is 4.98 Å². The maximum absolute atomic E-state index is 8.89. The Kier molecular flexibility index (Phi) is 1.44. The van der Waals surface area contributed by atoms with E-state index in [4.69, 9.17) is 22.4 Å². The van der Waals surface area contributed by atoms with Crippen LogP contribution in [0.3, 0.4) is 0 Å². The predicted molar refractivity (Wildman–Crippen MR) is 35.3 cm³/mol. The fourth-order valence-corrected chi connectivity index (χ4v) is 0.608. The molecule has 3 nitrogen and oxygen atoms in total. The molecule has 48 valence electrons. The molecule has 0 saturated heterocycles. The molecule has 0 aliphatic carbocycles. The van der Waals surface area contributed by atoms with E-state index in [0.717, 1.165) is 0 Å². The highest BCUT2D eigenvalue weighted by molar-refractivity contribution is 6.31. The van der Waals surface area contributed by atoms with Crippen LogP contribution in [0.2, 0.25) is 5.15 Å². The Morgan fingerprint density at radius 3 is 2.78 bits per heavy atom. The highest BCUT2D eigenvalue weighted by Gasteiger charge is 2.00. The van der Waals surface area contributed by atoms with Crippen molar-refractivity contribution < 1.29 is 5.11 Å². The number of aromatic nitrogens is 1. The van der Waals surface area contributed by atoms with Gasteiger partial charge in [0.2, 0.25) is 0 Å². The minimum absolute atomic E-state index is 0.0370. The van der Waals surface area contributed by atoms with Gasteiger partial charge in [0, 0.05) is 6.20 Å². The third-order valence-corrected chi connectivity index (χ3v) is 1.19. The van der Waals surface area contributed by atoms with E-state index in [1.54, 1.807) is 0 Å². The number of aromatic hydroxyl groups is 1. The number of halogens is 1. The second-order valence-electron chi connectivity index (χ2n) is 1.54. The SMILES string of the molecule is Nc1ccnc(Cl)c1O. The summed E-state index contributed by atoms with van der Waals surface area (Å²) in [5.74, 6) is -0.154. The molecule has 1 rings (SSSR count). The number of hydrogen-bond acceptors (Lipinski definition) is 3. The molecular formula is C5H5ClN2O. The molecule has 0 bridgehead atoms. The minimum Gasteiger partial charge on any atom is -0.503 e. The lowest BCUT2D eigenvalue weighted by molar-refractivity contribution is 0.475. The summed E-state index contributed by atoms with van der Waals surface area (Å²) in [4.78, 5) is 3.57. The monoisotopic (exact) mass is 144 g/mol. The second-order valence-corrected chi connectivity index (χ2v) is 1.90. The molecule has 9 heavy (non-hydrogen) atoms. The van der Waals surface area contributed by atoms with Gasteiger partial charge in [-0.25, -0.2) is 4.98 Å². The normalized spacial score (nSPS) is 9.44. The Morgan fingerprint density at radius 1 is 1.67 bits per heavy atom. The molecule has 0 saturated carbocycles. The third kappa shape index (κ3) is 1.05. The van der Waals surface area contributed by atoms with Gasteiger partial charge >= 0.3 is 0 Å². The van der Waals surface area contributed by atoms with Gasteiger partial charge < -0.3 is 10.8 Å². The molecule has 0 aliphatic rings. The summed E-state index contributed by atoms with van der Waals surface area (Å²) in [6.07, 6.45) is 1.43. The Labute approximate surface area is 57.1 Å². The molecular weight excluding hydrogens is 140 g/mol. The van der Waals surface area contributed by atoms with Crippen LogP contribution in [0.4, 0.5) is 5.69 Å². The van der Waals surface area contributed by atoms with Crippen LogP contribution in [0, 0.1) is 0 Å². The molecule has 1 heterocycles. The summed E-state index contributed by atoms with van der Waals surface area (Å²) in [6.45, 7) is 0. The van der Waals surface area contributed by atoms with Gasteiger partial charge in [0.25, 0.3) is 0 Å². The number of hydrogen-bond donors (Lipinski definition) is 2. The third-order valence-electron chi connectivity index (χ3n) is 0.911. The quantitative estimate of drug-likeness (QED) is 0.535. The first kappa shape index (κ1) is 6.16. The number of nitrogen functional groups attached to an aromatic ring is 1. The molecule has 0 unspecified atom stereocenters. The number of anilines is 1. The summed E-state index contributed by atoms with van der Waals surface area (Å²) >= 11 is 5.37. The standard InChI is InChI=1S/C5H5ClN2O/c6-5-4(9)3(7)1-2-8-5/h1-2,9H,(H2,7,8). The predicted octanol–water partition coefficient (Wildman–Crippen LogP) is 1.02. The van der Waals surface area contributed by atoms with Crippen molar-refractivity contribution >= 4 is 17.3 Å². The van der Waals surface area contributed by atoms with E-state index >= 15 is 0 Å². The molecule has 0 radical (unpaired) electrons. The van der Waals surface area contributed by atoms with Crippen LogP contribution in [0.25, 0.3) is 0 Å². The maximum atomic E-state index is 8.89. The molecule has 0 amide bonds. The van der Waals surface area contributed by atoms with Gasteiger partial charge in [-0.05, 0) is 6.07 Å². The molecule has 3 N–H and O–H groups in total. The van der Waals surface area contributed by atoms with Gasteiger partial charge in [0.05, 0.1) is 5.69 Å². The van der Waals surface area contributed by atoms with Crippen molar-refractivity contribution in [3.63, 3.8) is 0 Å². The highest BCUT2D eigenvalue weighted by Crippen LogP contribution is 2.25. The average Bonchev–Trinajstić information content (AvgIpc) is 1.83. The second kappa shape index (κ2) is 2.11. The largest absolute Gasteiger partial charge is 0.503 e. The molecule has 4 heteroatoms. The summed E-state index contributed by atoms with van der Waals surface area (Å²) in [6, 6.07) is 1.47. The first-order valence-corrected chi connectivity index (χ1v) is 2.68. The van der Waals surface area contributed by atoms with Gasteiger partial charge in [0.15, 0.2) is 10.9 Å². The van der Waals surface area contributed by atoms with Crippen molar-refractivity contribution in [2.45, 2.75) is 0 Å². The van der Waals surface area contributed by atoms with Gasteiger partial charge in [-0.3, -0.25) is 0 Å². The van der Waals surface area contributed by atoms with Crippen molar-refractivity contribution in [1.29, 1.82) is 0 Å². The van der Waals surface area contributed by atoms with Gasteiger partial charge in [0.1, 0.15) is 0 Å². The van der Waals surface area contributed by atoms with Crippen LogP contribution in [0.5, 0.6) is 5.75 Å². The van der Waals surface area contributed by atoms with Crippen LogP contribution in [-0.2, 0) is 0 Å². The fraction of sp³-hybridized carbons (Fsp3) is 0. The van der Waals surface area contributed by atoms with Crippen molar-refractivity contribution in [2.24, 2.45) is 0 Å². The molecule has 0 spiro atoms. The first-order valence-electron chi connectivity index (χ1n) is 2.31. The van der Waals surface area contributed by atoms with E-state index in [9.17, 15) is 0 Å². The zero-order chi connectivity index (χ0) is 6.85. The Balaban J connectivity index is 3.25. The lowest BCUT2D eigenvalue weighted by Gasteiger charge is -1.96. The van der Waals surface area contributed by atoms with E-state index in [1.165, 1.54) is 12.3 Å². The van der Waals surface area contributed by atoms with Gasteiger partial charge in [-0.15, -0.1) is 0 Å². The zero-order valence-corrected chi connectivity index (χ0v) is 5.26. The van der Waals surface area contributed by atoms with E-state index < -0.39 is 0 Å². The first-order chi connectivity index (χ1) is 4.22. The van der Waals surface area contributed by atoms with Crippen molar-refractivity contribution in [3.05, 3.63) is 17.4 Å². The minimum atomic E-state index is -0.154. The van der Waals surface area contributed by atoms with Gasteiger partial charge in [-0.1, -0.05) is 11.6 Å². The molecule has 0 atom stereocenters. The number of pyridine rings is 1. The van der Waals surface area contributed by atoms with Crippen LogP contribution >= 0.6 is 11.6 Å². The van der Waals surface area contributed by atoms with Gasteiger partial charge in [-0.2, -0.15) is 0 Å². The Hall–Kier alpha value is -0.960. The lowest BCUT2D eigenvalue weighted by Crippen LogP contribution is -1.86. The van der Waals surface area contributed by atoms with Crippen LogP contribution < -0.4 is 5.73 Å². The number of nitrogens with two attached hydrogens (primary N) is 1. The van der Waals surface area contributed by atoms with Crippen molar-refractivity contribution in [2.75, 3.05) is 5.73 Å². The van der Waals surface area contributed by atoms with E-state index in [0.29, 0.717) is 0 Å². The topological polar surface area (TPSA) is 59.1 Å². The number of nitrogens with zero attached hydrogens (tertiary/aromatic N) is 1. The van der Waals surface area contributed by atoms with Crippen LogP contribution in [0.15, 0.2) is 12.3 Å². The fourth-order valence-electron chi connectivity index (χ4n) is 0.442. The zero-order valence-electron chi connectivity index (χ0n) is 4.50. The van der Waals surface area contributed by atoms with E-state index in [-0.39, 0.29) is 16.6 Å². The summed E-state index contributed by atoms with van der Waals surface area (Å²) in [5, 5.41) is 8.92. The van der Waals surface area contributed by atoms with Crippen molar-refractivity contribution in [3.8, 4) is 5.75 Å². The Morgan fingerprint density at radius 2 is 2.33 bits per heavy atom. The summed E-state index contributed by atoms with van der Waals surface area (Å²) in [5.41, 5.74) is 5.49. The Bertz CT molecular complexity index is 206. The van der Waals surface area contributed by atoms with Crippen LogP contribution in [-0.4, -0.2) is 10.1 Å². The molecule has 1 aromatic heterocycles. The smallest absolute Gasteiger partial charge is 0.176 e. The molecule has 0 fully saturated rings. The molecule has 1 aromatic rings. The molecule has 0 aliphatic heterocycles. The van der Waals surface area contributed by atoms with E-state index in [2.05, 4.69) is 4.98 Å². The number of rotatable bonds is 0. The highest BCUT2D eigenvalue weighted by atomic mass is 35.5. The van der Waals surface area contributed by atoms with Crippen LogP contribution in [0.1, 0.15) is 0 Å². The lowest BCUT2D eigenvalue weighted by atomic mass is 10.4. The summed E-state index contributed by atoms with van der Waals surface area (Å²) in [7, 11) is 0. The maximum Gasteiger partial charge on any atom is 0.176 e. The van der Waals surface area contributed by atoms with E-state index in [1.807, 2.05) is 0 Å².